The normalized spacial score (nSPS) is 22.9. The van der Waals surface area contributed by atoms with Crippen LogP contribution in [0.2, 0.25) is 0 Å². The number of amides is 2. The highest BCUT2D eigenvalue weighted by atomic mass is 32.2. The van der Waals surface area contributed by atoms with Crippen LogP contribution in [0.3, 0.4) is 0 Å². The molecule has 0 spiro atoms. The Morgan fingerprint density at radius 3 is 2.45 bits per heavy atom. The van der Waals surface area contributed by atoms with Crippen LogP contribution in [0.25, 0.3) is 0 Å². The number of carboxylic acids is 1. The van der Waals surface area contributed by atoms with Crippen LogP contribution < -0.4 is 10.6 Å². The first-order valence-corrected chi connectivity index (χ1v) is 7.70. The average molecular weight is 304 g/mol. The van der Waals surface area contributed by atoms with Gasteiger partial charge in [-0.15, -0.1) is 0 Å². The van der Waals surface area contributed by atoms with Crippen molar-refractivity contribution in [1.82, 2.24) is 10.6 Å². The summed E-state index contributed by atoms with van der Waals surface area (Å²) in [6, 6.07) is 0.815. The molecule has 2 heterocycles. The Kier molecular flexibility index (Phi) is 7.21. The molecule has 0 aliphatic carbocycles. The van der Waals surface area contributed by atoms with E-state index in [-0.39, 0.29) is 6.03 Å². The zero-order valence-corrected chi connectivity index (χ0v) is 12.2. The summed E-state index contributed by atoms with van der Waals surface area (Å²) in [5.41, 5.74) is 0. The Morgan fingerprint density at radius 2 is 1.95 bits per heavy atom. The van der Waals surface area contributed by atoms with Gasteiger partial charge in [0.05, 0.1) is 12.1 Å². The summed E-state index contributed by atoms with van der Waals surface area (Å²) >= 11 is 1.89. The smallest absolute Gasteiger partial charge is 0.341 e. The fourth-order valence-corrected chi connectivity index (χ4v) is 3.03. The Bertz CT molecular complexity index is 350. The van der Waals surface area contributed by atoms with E-state index >= 15 is 0 Å². The van der Waals surface area contributed by atoms with Crippen LogP contribution in [0, 0.1) is 0 Å². The number of aliphatic carboxylic acids is 1. The van der Waals surface area contributed by atoms with Crippen LogP contribution in [0.4, 0.5) is 4.79 Å². The Labute approximate surface area is 121 Å². The molecule has 2 aliphatic rings. The monoisotopic (exact) mass is 304 g/mol. The quantitative estimate of drug-likeness (QED) is 0.507. The molecule has 2 amide bonds. The van der Waals surface area contributed by atoms with Crippen LogP contribution in [0.15, 0.2) is 0 Å². The summed E-state index contributed by atoms with van der Waals surface area (Å²) in [4.78, 5) is 31.1. The van der Waals surface area contributed by atoms with Gasteiger partial charge in [-0.1, -0.05) is 13.3 Å². The first-order chi connectivity index (χ1) is 9.52. The van der Waals surface area contributed by atoms with E-state index in [9.17, 15) is 14.4 Å². The molecule has 8 heteroatoms. The molecular weight excluding hydrogens is 284 g/mol. The van der Waals surface area contributed by atoms with Crippen molar-refractivity contribution in [3.8, 4) is 0 Å². The number of carbonyl (C=O) groups is 3. The second-order valence-corrected chi connectivity index (χ2v) is 5.60. The third-order valence-corrected chi connectivity index (χ3v) is 3.99. The standard InChI is InChI=1S/C7H12O4.C5H8N2OS/c1-2-3-4-7(10)11-5-6(8)9;8-5-6-3-1-9-2-4(3)7-5/h2-5H2,1H3,(H,8,9);3-4H,1-2H2,(H2,6,7,8). The molecule has 2 rings (SSSR count). The second kappa shape index (κ2) is 8.68. The highest BCUT2D eigenvalue weighted by Crippen LogP contribution is 2.20. The number of nitrogens with one attached hydrogen (secondary N) is 2. The number of hydrogen-bond donors (Lipinski definition) is 3. The Morgan fingerprint density at radius 1 is 1.35 bits per heavy atom. The van der Waals surface area contributed by atoms with E-state index < -0.39 is 18.5 Å². The summed E-state index contributed by atoms with van der Waals surface area (Å²) in [5.74, 6) is 0.594. The van der Waals surface area contributed by atoms with Crippen LogP contribution in [0.5, 0.6) is 0 Å². The molecule has 0 aromatic carbocycles. The minimum Gasteiger partial charge on any atom is -0.479 e. The van der Waals surface area contributed by atoms with E-state index in [0.29, 0.717) is 18.5 Å². The fraction of sp³-hybridized carbons (Fsp3) is 0.750. The third kappa shape index (κ3) is 6.14. The molecule has 20 heavy (non-hydrogen) atoms. The minimum absolute atomic E-state index is 0.00491. The topological polar surface area (TPSA) is 105 Å². The van der Waals surface area contributed by atoms with Gasteiger partial charge in [-0.25, -0.2) is 9.59 Å². The summed E-state index contributed by atoms with van der Waals surface area (Å²) < 4.78 is 4.37. The number of hydrogen-bond acceptors (Lipinski definition) is 5. The SMILES string of the molecule is CCCCC(=O)OCC(=O)O.O=C1NC2CSCC2N1. The number of carbonyl (C=O) groups excluding carboxylic acids is 2. The number of thioether (sulfide) groups is 1. The maximum Gasteiger partial charge on any atom is 0.341 e. The van der Waals surface area contributed by atoms with Gasteiger partial charge < -0.3 is 20.5 Å². The molecule has 0 radical (unpaired) electrons. The fourth-order valence-electron chi connectivity index (χ4n) is 1.75. The van der Waals surface area contributed by atoms with Gasteiger partial charge in [0.25, 0.3) is 0 Å². The molecule has 2 saturated heterocycles. The van der Waals surface area contributed by atoms with Crippen molar-refractivity contribution in [2.75, 3.05) is 18.1 Å². The third-order valence-electron chi connectivity index (χ3n) is 2.80. The zero-order valence-electron chi connectivity index (χ0n) is 11.4. The molecule has 0 aromatic rings. The van der Waals surface area contributed by atoms with Gasteiger partial charge in [-0.05, 0) is 6.42 Å². The Hall–Kier alpha value is -1.44. The molecule has 2 atom stereocenters. The predicted molar refractivity (Wildman–Crippen MR) is 74.7 cm³/mol. The van der Waals surface area contributed by atoms with Crippen molar-refractivity contribution in [3.05, 3.63) is 0 Å². The molecule has 0 aromatic heterocycles. The van der Waals surface area contributed by atoms with E-state index in [1.54, 1.807) is 0 Å². The maximum absolute atomic E-state index is 10.6. The lowest BCUT2D eigenvalue weighted by Gasteiger charge is -2.02. The Balaban J connectivity index is 0.000000202. The summed E-state index contributed by atoms with van der Waals surface area (Å²) in [6.45, 7) is 1.42. The van der Waals surface area contributed by atoms with Gasteiger partial charge in [0.2, 0.25) is 0 Å². The van der Waals surface area contributed by atoms with Gasteiger partial charge >= 0.3 is 18.0 Å². The lowest BCUT2D eigenvalue weighted by molar-refractivity contribution is -0.155. The van der Waals surface area contributed by atoms with Crippen LogP contribution in [0.1, 0.15) is 26.2 Å². The summed E-state index contributed by atoms with van der Waals surface area (Å²) in [7, 11) is 0. The first kappa shape index (κ1) is 16.6. The molecule has 3 N–H and O–H groups in total. The number of unbranched alkanes of at least 4 members (excludes halogenated alkanes) is 1. The molecule has 114 valence electrons. The van der Waals surface area contributed by atoms with Gasteiger partial charge in [0.15, 0.2) is 6.61 Å². The predicted octanol–water partition coefficient (Wildman–Crippen LogP) is 0.588. The zero-order chi connectivity index (χ0) is 15.0. The van der Waals surface area contributed by atoms with Gasteiger partial charge in [0.1, 0.15) is 0 Å². The van der Waals surface area contributed by atoms with Gasteiger partial charge in [-0.3, -0.25) is 4.79 Å². The van der Waals surface area contributed by atoms with Crippen molar-refractivity contribution in [1.29, 1.82) is 0 Å². The summed E-state index contributed by atoms with van der Waals surface area (Å²) in [5, 5.41) is 13.8. The lowest BCUT2D eigenvalue weighted by atomic mass is 10.2. The number of carboxylic acid groups (broad SMARTS) is 1. The number of esters is 1. The number of rotatable bonds is 5. The van der Waals surface area contributed by atoms with Crippen molar-refractivity contribution in [3.63, 3.8) is 0 Å². The molecule has 2 fully saturated rings. The molecule has 2 aliphatic heterocycles. The molecule has 7 nitrogen and oxygen atoms in total. The van der Waals surface area contributed by atoms with Gasteiger partial charge in [-0.2, -0.15) is 11.8 Å². The van der Waals surface area contributed by atoms with E-state index in [2.05, 4.69) is 15.4 Å². The molecule has 0 bridgehead atoms. The van der Waals surface area contributed by atoms with Gasteiger partial charge in [0, 0.05) is 17.9 Å². The van der Waals surface area contributed by atoms with E-state index in [1.165, 1.54) is 0 Å². The van der Waals surface area contributed by atoms with Crippen LogP contribution >= 0.6 is 11.8 Å². The lowest BCUT2D eigenvalue weighted by Crippen LogP contribution is -2.31. The van der Waals surface area contributed by atoms with Crippen LogP contribution in [-0.4, -0.2) is 53.3 Å². The van der Waals surface area contributed by atoms with Crippen molar-refractivity contribution in [2.24, 2.45) is 0 Å². The highest BCUT2D eigenvalue weighted by molar-refractivity contribution is 7.99. The van der Waals surface area contributed by atoms with Crippen molar-refractivity contribution < 1.29 is 24.2 Å². The molecule has 0 saturated carbocycles. The van der Waals surface area contributed by atoms with Crippen LogP contribution in [-0.2, 0) is 14.3 Å². The van der Waals surface area contributed by atoms with E-state index in [1.807, 2.05) is 18.7 Å². The highest BCUT2D eigenvalue weighted by Gasteiger charge is 2.35. The molecule has 2 unspecified atom stereocenters. The van der Waals surface area contributed by atoms with Crippen molar-refractivity contribution >= 4 is 29.7 Å². The van der Waals surface area contributed by atoms with Crippen molar-refractivity contribution in [2.45, 2.75) is 38.3 Å². The summed E-state index contributed by atoms with van der Waals surface area (Å²) in [6.07, 6.45) is 1.96. The first-order valence-electron chi connectivity index (χ1n) is 6.55. The van der Waals surface area contributed by atoms with E-state index in [0.717, 1.165) is 24.3 Å². The maximum atomic E-state index is 10.6. The minimum atomic E-state index is -1.12. The number of fused-ring (bicyclic) bond motifs is 1. The largest absolute Gasteiger partial charge is 0.479 e. The number of urea groups is 1. The van der Waals surface area contributed by atoms with E-state index in [4.69, 9.17) is 5.11 Å². The second-order valence-electron chi connectivity index (χ2n) is 4.53. The molecular formula is C12H20N2O5S. The average Bonchev–Trinajstić information content (AvgIpc) is 2.94. The number of ether oxygens (including phenoxy) is 1.